The summed E-state index contributed by atoms with van der Waals surface area (Å²) >= 11 is 0. The lowest BCUT2D eigenvalue weighted by Gasteiger charge is -2.08. The number of halogens is 1. The fraction of sp³-hybridized carbons (Fsp3) is 0.533. The highest BCUT2D eigenvalue weighted by Crippen LogP contribution is 2.21. The molecule has 4 heteroatoms. The molecule has 1 aromatic rings. The van der Waals surface area contributed by atoms with Crippen LogP contribution in [-0.2, 0) is 4.74 Å². The number of benzene rings is 1. The third-order valence-corrected chi connectivity index (χ3v) is 3.43. The summed E-state index contributed by atoms with van der Waals surface area (Å²) in [6.45, 7) is 0.841. The molecular formula is C15H19FO3. The van der Waals surface area contributed by atoms with Gasteiger partial charge in [-0.2, -0.15) is 0 Å². The van der Waals surface area contributed by atoms with Crippen molar-refractivity contribution >= 4 is 5.78 Å². The lowest BCUT2D eigenvalue weighted by Crippen LogP contribution is -2.07. The molecule has 0 aromatic heterocycles. The molecule has 0 bridgehead atoms. The van der Waals surface area contributed by atoms with Crippen LogP contribution in [0.3, 0.4) is 0 Å². The molecule has 1 aliphatic heterocycles. The first-order chi connectivity index (χ1) is 9.20. The first kappa shape index (κ1) is 14.0. The van der Waals surface area contributed by atoms with E-state index in [0.29, 0.717) is 18.1 Å². The Hall–Kier alpha value is -1.42. The van der Waals surface area contributed by atoms with Crippen molar-refractivity contribution in [3.05, 3.63) is 29.6 Å². The Morgan fingerprint density at radius 1 is 1.53 bits per heavy atom. The van der Waals surface area contributed by atoms with Crippen molar-refractivity contribution < 1.29 is 18.7 Å². The molecule has 1 aliphatic rings. The van der Waals surface area contributed by atoms with Gasteiger partial charge in [0.15, 0.2) is 17.3 Å². The van der Waals surface area contributed by atoms with E-state index >= 15 is 0 Å². The highest BCUT2D eigenvalue weighted by Gasteiger charge is 2.16. The molecule has 1 fully saturated rings. The Balaban J connectivity index is 1.85. The van der Waals surface area contributed by atoms with Gasteiger partial charge in [0.2, 0.25) is 0 Å². The fourth-order valence-electron chi connectivity index (χ4n) is 2.34. The van der Waals surface area contributed by atoms with E-state index < -0.39 is 5.82 Å². The van der Waals surface area contributed by atoms with Gasteiger partial charge in [0.05, 0.1) is 13.2 Å². The van der Waals surface area contributed by atoms with Gasteiger partial charge in [0, 0.05) is 18.6 Å². The van der Waals surface area contributed by atoms with Gasteiger partial charge in [0.25, 0.3) is 0 Å². The van der Waals surface area contributed by atoms with Crippen molar-refractivity contribution in [1.29, 1.82) is 0 Å². The monoisotopic (exact) mass is 266 g/mol. The number of Topliss-reactive ketones (excluding diaryl/α,β-unsaturated/α-hetero) is 1. The maximum atomic E-state index is 13.2. The SMILES string of the molecule is COc1cc(C(=O)CCCC2CCCO2)ccc1F. The molecule has 2 rings (SSSR count). The van der Waals surface area contributed by atoms with E-state index in [9.17, 15) is 9.18 Å². The van der Waals surface area contributed by atoms with Crippen LogP contribution < -0.4 is 4.74 Å². The highest BCUT2D eigenvalue weighted by molar-refractivity contribution is 5.96. The highest BCUT2D eigenvalue weighted by atomic mass is 19.1. The number of rotatable bonds is 6. The summed E-state index contributed by atoms with van der Waals surface area (Å²) in [7, 11) is 1.39. The number of carbonyl (C=O) groups excluding carboxylic acids is 1. The standard InChI is InChI=1S/C15H19FO3/c1-18-15-10-11(7-8-13(15)16)14(17)6-2-4-12-5-3-9-19-12/h7-8,10,12H,2-6,9H2,1H3. The normalized spacial score (nSPS) is 18.5. The summed E-state index contributed by atoms with van der Waals surface area (Å²) in [6.07, 6.45) is 4.73. The third kappa shape index (κ3) is 3.77. The van der Waals surface area contributed by atoms with Crippen molar-refractivity contribution in [2.24, 2.45) is 0 Å². The summed E-state index contributed by atoms with van der Waals surface area (Å²) in [5.74, 6) is -0.306. The van der Waals surface area contributed by atoms with E-state index in [1.54, 1.807) is 0 Å². The predicted octanol–water partition coefficient (Wildman–Crippen LogP) is 3.37. The van der Waals surface area contributed by atoms with E-state index in [1.165, 1.54) is 25.3 Å². The molecule has 104 valence electrons. The van der Waals surface area contributed by atoms with E-state index in [-0.39, 0.29) is 11.5 Å². The summed E-state index contributed by atoms with van der Waals surface area (Å²) in [6, 6.07) is 4.24. The molecule has 19 heavy (non-hydrogen) atoms. The smallest absolute Gasteiger partial charge is 0.165 e. The van der Waals surface area contributed by atoms with Crippen molar-refractivity contribution in [1.82, 2.24) is 0 Å². The van der Waals surface area contributed by atoms with E-state index in [1.807, 2.05) is 0 Å². The van der Waals surface area contributed by atoms with Gasteiger partial charge in [-0.25, -0.2) is 4.39 Å². The Morgan fingerprint density at radius 3 is 3.05 bits per heavy atom. The van der Waals surface area contributed by atoms with Crippen LogP contribution in [-0.4, -0.2) is 25.6 Å². The molecule has 3 nitrogen and oxygen atoms in total. The lowest BCUT2D eigenvalue weighted by molar-refractivity contribution is 0.0922. The molecular weight excluding hydrogens is 247 g/mol. The van der Waals surface area contributed by atoms with Gasteiger partial charge in [-0.1, -0.05) is 0 Å². The van der Waals surface area contributed by atoms with Gasteiger partial charge in [0.1, 0.15) is 0 Å². The molecule has 0 spiro atoms. The first-order valence-electron chi connectivity index (χ1n) is 6.69. The third-order valence-electron chi connectivity index (χ3n) is 3.43. The molecule has 0 radical (unpaired) electrons. The molecule has 0 aliphatic carbocycles. The van der Waals surface area contributed by atoms with Crippen molar-refractivity contribution in [2.45, 2.75) is 38.2 Å². The second-order valence-corrected chi connectivity index (χ2v) is 4.80. The average molecular weight is 266 g/mol. The van der Waals surface area contributed by atoms with Crippen LogP contribution in [0.4, 0.5) is 4.39 Å². The number of hydrogen-bond acceptors (Lipinski definition) is 3. The molecule has 1 unspecified atom stereocenters. The zero-order chi connectivity index (χ0) is 13.7. The van der Waals surface area contributed by atoms with Crippen molar-refractivity contribution in [2.75, 3.05) is 13.7 Å². The molecule has 0 N–H and O–H groups in total. The van der Waals surface area contributed by atoms with Crippen LogP contribution in [0.2, 0.25) is 0 Å². The van der Waals surface area contributed by atoms with Crippen LogP contribution in [0, 0.1) is 5.82 Å². The van der Waals surface area contributed by atoms with Crippen molar-refractivity contribution in [3.63, 3.8) is 0 Å². The van der Waals surface area contributed by atoms with Gasteiger partial charge in [-0.05, 0) is 43.9 Å². The van der Waals surface area contributed by atoms with Crippen LogP contribution in [0.5, 0.6) is 5.75 Å². The van der Waals surface area contributed by atoms with Gasteiger partial charge in [-0.3, -0.25) is 4.79 Å². The number of methoxy groups -OCH3 is 1. The first-order valence-corrected chi connectivity index (χ1v) is 6.69. The number of hydrogen-bond donors (Lipinski definition) is 0. The fourth-order valence-corrected chi connectivity index (χ4v) is 2.34. The van der Waals surface area contributed by atoms with Gasteiger partial charge in [-0.15, -0.1) is 0 Å². The average Bonchev–Trinajstić information content (AvgIpc) is 2.92. The topological polar surface area (TPSA) is 35.5 Å². The summed E-state index contributed by atoms with van der Waals surface area (Å²) < 4.78 is 23.6. The number of carbonyl (C=O) groups is 1. The predicted molar refractivity (Wildman–Crippen MR) is 70.1 cm³/mol. The minimum atomic E-state index is -0.446. The van der Waals surface area contributed by atoms with E-state index in [0.717, 1.165) is 32.3 Å². The minimum absolute atomic E-state index is 0.0243. The summed E-state index contributed by atoms with van der Waals surface area (Å²) in [5, 5.41) is 0. The Kier molecular flexibility index (Phi) is 4.91. The van der Waals surface area contributed by atoms with Gasteiger partial charge >= 0.3 is 0 Å². The molecule has 1 aromatic carbocycles. The Morgan fingerprint density at radius 2 is 2.37 bits per heavy atom. The maximum absolute atomic E-state index is 13.2. The molecule has 0 amide bonds. The Labute approximate surface area is 112 Å². The van der Waals surface area contributed by atoms with E-state index in [2.05, 4.69) is 0 Å². The number of ketones is 1. The van der Waals surface area contributed by atoms with Gasteiger partial charge < -0.3 is 9.47 Å². The Bertz CT molecular complexity index is 439. The molecule has 1 heterocycles. The quantitative estimate of drug-likeness (QED) is 0.741. The van der Waals surface area contributed by atoms with Crippen molar-refractivity contribution in [3.8, 4) is 5.75 Å². The largest absolute Gasteiger partial charge is 0.494 e. The zero-order valence-electron chi connectivity index (χ0n) is 11.2. The maximum Gasteiger partial charge on any atom is 0.165 e. The summed E-state index contributed by atoms with van der Waals surface area (Å²) in [4.78, 5) is 12.0. The molecule has 1 saturated heterocycles. The molecule has 1 atom stereocenters. The lowest BCUT2D eigenvalue weighted by atomic mass is 10.0. The van der Waals surface area contributed by atoms with Crippen LogP contribution in [0.1, 0.15) is 42.5 Å². The zero-order valence-corrected chi connectivity index (χ0v) is 11.2. The van der Waals surface area contributed by atoms with E-state index in [4.69, 9.17) is 9.47 Å². The van der Waals surface area contributed by atoms with Crippen LogP contribution >= 0.6 is 0 Å². The minimum Gasteiger partial charge on any atom is -0.494 e. The second kappa shape index (κ2) is 6.66. The van der Waals surface area contributed by atoms with Crippen LogP contribution in [0.25, 0.3) is 0 Å². The number of ether oxygens (including phenoxy) is 2. The second-order valence-electron chi connectivity index (χ2n) is 4.80. The van der Waals surface area contributed by atoms with Crippen LogP contribution in [0.15, 0.2) is 18.2 Å². The molecule has 0 saturated carbocycles. The summed E-state index contributed by atoms with van der Waals surface area (Å²) in [5.41, 5.74) is 0.505.